The highest BCUT2D eigenvalue weighted by atomic mass is 16.4. The number of carboxylic acids is 1. The lowest BCUT2D eigenvalue weighted by atomic mass is 9.81. The molecule has 3 N–H and O–H groups in total. The van der Waals surface area contributed by atoms with Crippen LogP contribution in [0.4, 0.5) is 0 Å². The van der Waals surface area contributed by atoms with Crippen LogP contribution in [0.3, 0.4) is 0 Å². The van der Waals surface area contributed by atoms with E-state index in [1.165, 1.54) is 0 Å². The van der Waals surface area contributed by atoms with E-state index in [0.717, 1.165) is 25.2 Å². The minimum Gasteiger partial charge on any atom is -0.478 e. The quantitative estimate of drug-likeness (QED) is 0.772. The zero-order chi connectivity index (χ0) is 13.8. The number of piperazine rings is 1. The van der Waals surface area contributed by atoms with E-state index in [1.54, 1.807) is 6.07 Å². The number of carboxylic acid groups (broad SMARTS) is 1. The molecule has 1 heterocycles. The molecule has 1 aliphatic heterocycles. The van der Waals surface area contributed by atoms with E-state index in [9.17, 15) is 4.79 Å². The van der Waals surface area contributed by atoms with Crippen LogP contribution >= 0.6 is 0 Å². The van der Waals surface area contributed by atoms with Crippen LogP contribution in [-0.4, -0.2) is 36.8 Å². The Morgan fingerprint density at radius 1 is 1.37 bits per heavy atom. The van der Waals surface area contributed by atoms with Gasteiger partial charge >= 0.3 is 5.97 Å². The number of hydrogen-bond acceptors (Lipinski definition) is 3. The normalized spacial score (nSPS) is 21.3. The summed E-state index contributed by atoms with van der Waals surface area (Å²) in [4.78, 5) is 11.1. The van der Waals surface area contributed by atoms with Crippen molar-refractivity contribution in [1.29, 1.82) is 0 Å². The van der Waals surface area contributed by atoms with Crippen molar-refractivity contribution in [3.8, 4) is 0 Å². The topological polar surface area (TPSA) is 61.4 Å². The van der Waals surface area contributed by atoms with Gasteiger partial charge in [0.25, 0.3) is 0 Å². The Balaban J connectivity index is 2.27. The molecule has 1 aliphatic rings. The highest BCUT2D eigenvalue weighted by molar-refractivity contribution is 5.87. The largest absolute Gasteiger partial charge is 0.478 e. The average molecular weight is 262 g/mol. The fraction of sp³-hybridized carbons (Fsp3) is 0.533. The van der Waals surface area contributed by atoms with Crippen molar-refractivity contribution in [3.05, 3.63) is 35.4 Å². The van der Waals surface area contributed by atoms with Crippen LogP contribution in [0.2, 0.25) is 0 Å². The van der Waals surface area contributed by atoms with Gasteiger partial charge < -0.3 is 15.7 Å². The van der Waals surface area contributed by atoms with E-state index in [0.29, 0.717) is 23.4 Å². The van der Waals surface area contributed by atoms with Crippen LogP contribution in [0.25, 0.3) is 0 Å². The van der Waals surface area contributed by atoms with Gasteiger partial charge in [0.15, 0.2) is 0 Å². The molecular weight excluding hydrogens is 240 g/mol. The lowest BCUT2D eigenvalue weighted by Gasteiger charge is -2.34. The zero-order valence-electron chi connectivity index (χ0n) is 11.5. The van der Waals surface area contributed by atoms with Crippen molar-refractivity contribution in [2.75, 3.05) is 19.6 Å². The van der Waals surface area contributed by atoms with E-state index in [1.807, 2.05) is 18.2 Å². The van der Waals surface area contributed by atoms with Crippen molar-refractivity contribution in [1.82, 2.24) is 10.6 Å². The molecule has 2 atom stereocenters. The van der Waals surface area contributed by atoms with Crippen LogP contribution in [0, 0.1) is 5.92 Å². The van der Waals surface area contributed by atoms with Gasteiger partial charge in [-0.2, -0.15) is 0 Å². The molecule has 0 amide bonds. The summed E-state index contributed by atoms with van der Waals surface area (Å²) in [7, 11) is 0. The lowest BCUT2D eigenvalue weighted by molar-refractivity contribution is 0.0696. The van der Waals surface area contributed by atoms with Crippen LogP contribution in [0.1, 0.15) is 35.7 Å². The summed E-state index contributed by atoms with van der Waals surface area (Å²) in [6.45, 7) is 7.27. The Hall–Kier alpha value is -1.39. The van der Waals surface area contributed by atoms with Gasteiger partial charge in [0.05, 0.1) is 5.56 Å². The second kappa shape index (κ2) is 6.17. The highest BCUT2D eigenvalue weighted by Crippen LogP contribution is 2.29. The summed E-state index contributed by atoms with van der Waals surface area (Å²) in [5.74, 6) is -0.0763. The summed E-state index contributed by atoms with van der Waals surface area (Å²) in [6.07, 6.45) is 0. The first-order valence-electron chi connectivity index (χ1n) is 6.87. The molecule has 0 radical (unpaired) electrons. The average Bonchev–Trinajstić information content (AvgIpc) is 2.40. The molecule has 19 heavy (non-hydrogen) atoms. The molecule has 1 saturated heterocycles. The van der Waals surface area contributed by atoms with E-state index < -0.39 is 5.97 Å². The van der Waals surface area contributed by atoms with Gasteiger partial charge in [-0.1, -0.05) is 26.0 Å². The maximum absolute atomic E-state index is 11.1. The van der Waals surface area contributed by atoms with Crippen molar-refractivity contribution in [2.45, 2.75) is 25.8 Å². The van der Waals surface area contributed by atoms with E-state index >= 15 is 0 Å². The Labute approximate surface area is 114 Å². The van der Waals surface area contributed by atoms with E-state index in [4.69, 9.17) is 5.11 Å². The summed E-state index contributed by atoms with van der Waals surface area (Å²) >= 11 is 0. The molecule has 1 fully saturated rings. The number of nitrogens with one attached hydrogen (secondary N) is 2. The summed E-state index contributed by atoms with van der Waals surface area (Å²) in [5.41, 5.74) is 1.48. The fourth-order valence-corrected chi connectivity index (χ4v) is 2.89. The first-order valence-corrected chi connectivity index (χ1v) is 6.87. The summed E-state index contributed by atoms with van der Waals surface area (Å²) < 4.78 is 0. The predicted molar refractivity (Wildman–Crippen MR) is 75.6 cm³/mol. The monoisotopic (exact) mass is 262 g/mol. The van der Waals surface area contributed by atoms with Gasteiger partial charge in [-0.15, -0.1) is 0 Å². The molecule has 0 spiro atoms. The Morgan fingerprint density at radius 2 is 2.16 bits per heavy atom. The predicted octanol–water partition coefficient (Wildman–Crippen LogP) is 1.69. The van der Waals surface area contributed by atoms with Crippen LogP contribution < -0.4 is 10.6 Å². The standard InChI is InChI=1S/C15H22N2O2/c1-10(2)14(13-9-16-6-7-17-13)11-4-3-5-12(8-11)15(18)19/h3-5,8,10,13-14,16-17H,6-7,9H2,1-2H3,(H,18,19). The second-order valence-corrected chi connectivity index (χ2v) is 5.47. The maximum Gasteiger partial charge on any atom is 0.335 e. The summed E-state index contributed by atoms with van der Waals surface area (Å²) in [5, 5.41) is 16.0. The van der Waals surface area contributed by atoms with Gasteiger partial charge in [-0.3, -0.25) is 0 Å². The van der Waals surface area contributed by atoms with Gasteiger partial charge in [0.2, 0.25) is 0 Å². The molecule has 104 valence electrons. The molecule has 2 unspecified atom stereocenters. The second-order valence-electron chi connectivity index (χ2n) is 5.47. The van der Waals surface area contributed by atoms with Crippen molar-refractivity contribution < 1.29 is 9.90 Å². The molecule has 1 aromatic carbocycles. The fourth-order valence-electron chi connectivity index (χ4n) is 2.89. The first kappa shape index (κ1) is 14.0. The Morgan fingerprint density at radius 3 is 2.74 bits per heavy atom. The molecule has 1 aromatic rings. The third-order valence-electron chi connectivity index (χ3n) is 3.74. The molecule has 0 aliphatic carbocycles. The molecule has 0 bridgehead atoms. The Bertz CT molecular complexity index is 440. The molecule has 0 saturated carbocycles. The van der Waals surface area contributed by atoms with Gasteiger partial charge in [-0.05, 0) is 23.6 Å². The van der Waals surface area contributed by atoms with Gasteiger partial charge in [-0.25, -0.2) is 4.79 Å². The van der Waals surface area contributed by atoms with Gasteiger partial charge in [0.1, 0.15) is 0 Å². The number of aromatic carboxylic acids is 1. The number of rotatable bonds is 4. The number of hydrogen-bond donors (Lipinski definition) is 3. The maximum atomic E-state index is 11.1. The zero-order valence-corrected chi connectivity index (χ0v) is 11.5. The van der Waals surface area contributed by atoms with Crippen molar-refractivity contribution >= 4 is 5.97 Å². The van der Waals surface area contributed by atoms with E-state index in [-0.39, 0.29) is 0 Å². The molecule has 0 aromatic heterocycles. The molecule has 4 nitrogen and oxygen atoms in total. The molecular formula is C15H22N2O2. The SMILES string of the molecule is CC(C)C(c1cccc(C(=O)O)c1)C1CNCCN1. The number of carbonyl (C=O) groups is 1. The highest BCUT2D eigenvalue weighted by Gasteiger charge is 2.27. The third kappa shape index (κ3) is 3.33. The van der Waals surface area contributed by atoms with Crippen LogP contribution in [0.15, 0.2) is 24.3 Å². The van der Waals surface area contributed by atoms with Crippen molar-refractivity contribution in [2.24, 2.45) is 5.92 Å². The minimum absolute atomic E-state index is 0.326. The van der Waals surface area contributed by atoms with Gasteiger partial charge in [0, 0.05) is 31.6 Å². The van der Waals surface area contributed by atoms with Crippen LogP contribution in [-0.2, 0) is 0 Å². The number of benzene rings is 1. The van der Waals surface area contributed by atoms with Crippen LogP contribution in [0.5, 0.6) is 0 Å². The first-order chi connectivity index (χ1) is 9.09. The third-order valence-corrected chi connectivity index (χ3v) is 3.74. The van der Waals surface area contributed by atoms with E-state index in [2.05, 4.69) is 24.5 Å². The summed E-state index contributed by atoms with van der Waals surface area (Å²) in [6, 6.07) is 7.69. The minimum atomic E-state index is -0.862. The molecule has 4 heteroatoms. The molecule has 2 rings (SSSR count). The Kier molecular flexibility index (Phi) is 4.56. The lowest BCUT2D eigenvalue weighted by Crippen LogP contribution is -2.52. The smallest absolute Gasteiger partial charge is 0.335 e. The van der Waals surface area contributed by atoms with Crippen molar-refractivity contribution in [3.63, 3.8) is 0 Å².